The van der Waals surface area contributed by atoms with E-state index in [1.165, 1.54) is 0 Å². The molecule has 0 saturated carbocycles. The normalized spacial score (nSPS) is 13.2. The standard InChI is InChI=1S/C20H16ClN3O2/c21-18-6-1-3-14-11-15(7-10-26-19(14)18)20(25)23-16-4-2-5-17(12-16)24-9-8-22-13-24/h1-6,8-9,11-13H,7,10H2,(H,23,25). The zero-order chi connectivity index (χ0) is 17.9. The van der Waals surface area contributed by atoms with Crippen molar-refractivity contribution < 1.29 is 9.53 Å². The van der Waals surface area contributed by atoms with Crippen LogP contribution in [0.1, 0.15) is 12.0 Å². The lowest BCUT2D eigenvalue weighted by Gasteiger charge is -2.09. The highest BCUT2D eigenvalue weighted by molar-refractivity contribution is 6.32. The first-order valence-electron chi connectivity index (χ1n) is 8.22. The predicted octanol–water partition coefficient (Wildman–Crippen LogP) is 4.33. The van der Waals surface area contributed by atoms with E-state index in [1.807, 2.05) is 53.2 Å². The lowest BCUT2D eigenvalue weighted by Crippen LogP contribution is -2.15. The van der Waals surface area contributed by atoms with Crippen LogP contribution in [0.3, 0.4) is 0 Å². The minimum absolute atomic E-state index is 0.149. The fraction of sp³-hybridized carbons (Fsp3) is 0.100. The van der Waals surface area contributed by atoms with Crippen LogP contribution in [0, 0.1) is 0 Å². The molecule has 4 rings (SSSR count). The number of anilines is 1. The minimum atomic E-state index is -0.149. The summed E-state index contributed by atoms with van der Waals surface area (Å²) < 4.78 is 7.59. The molecule has 6 heteroatoms. The van der Waals surface area contributed by atoms with Crippen LogP contribution >= 0.6 is 11.6 Å². The van der Waals surface area contributed by atoms with E-state index in [1.54, 1.807) is 18.6 Å². The number of nitrogens with zero attached hydrogens (tertiary/aromatic N) is 2. The van der Waals surface area contributed by atoms with Gasteiger partial charge in [-0.3, -0.25) is 4.79 Å². The zero-order valence-corrected chi connectivity index (χ0v) is 14.6. The van der Waals surface area contributed by atoms with E-state index in [-0.39, 0.29) is 5.91 Å². The average Bonchev–Trinajstić information content (AvgIpc) is 3.09. The summed E-state index contributed by atoms with van der Waals surface area (Å²) in [6.45, 7) is 0.408. The van der Waals surface area contributed by atoms with E-state index in [0.29, 0.717) is 29.4 Å². The first-order chi connectivity index (χ1) is 12.7. The van der Waals surface area contributed by atoms with Crippen LogP contribution in [-0.4, -0.2) is 22.1 Å². The van der Waals surface area contributed by atoms with Crippen molar-refractivity contribution in [3.8, 4) is 11.4 Å². The second kappa shape index (κ2) is 7.06. The first kappa shape index (κ1) is 16.4. The molecule has 0 fully saturated rings. The van der Waals surface area contributed by atoms with Gasteiger partial charge in [-0.1, -0.05) is 29.8 Å². The molecule has 1 aromatic heterocycles. The molecule has 1 aliphatic rings. The van der Waals surface area contributed by atoms with Crippen molar-refractivity contribution in [2.75, 3.05) is 11.9 Å². The minimum Gasteiger partial charge on any atom is -0.491 e. The molecule has 0 atom stereocenters. The lowest BCUT2D eigenvalue weighted by atomic mass is 10.1. The number of carbonyl (C=O) groups is 1. The number of ether oxygens (including phenoxy) is 1. The fourth-order valence-corrected chi connectivity index (χ4v) is 3.10. The van der Waals surface area contributed by atoms with Gasteiger partial charge < -0.3 is 14.6 Å². The number of imidazole rings is 1. The molecule has 0 bridgehead atoms. The van der Waals surface area contributed by atoms with E-state index in [0.717, 1.165) is 16.9 Å². The van der Waals surface area contributed by atoms with Gasteiger partial charge in [0.25, 0.3) is 5.91 Å². The molecular formula is C20H16ClN3O2. The molecular weight excluding hydrogens is 350 g/mol. The fourth-order valence-electron chi connectivity index (χ4n) is 2.86. The number of nitrogens with one attached hydrogen (secondary N) is 1. The van der Waals surface area contributed by atoms with Crippen LogP contribution in [0.2, 0.25) is 5.02 Å². The molecule has 1 N–H and O–H groups in total. The number of hydrogen-bond donors (Lipinski definition) is 1. The van der Waals surface area contributed by atoms with Crippen molar-refractivity contribution in [2.45, 2.75) is 6.42 Å². The summed E-state index contributed by atoms with van der Waals surface area (Å²) in [4.78, 5) is 16.8. The number of aromatic nitrogens is 2. The molecule has 0 saturated heterocycles. The zero-order valence-electron chi connectivity index (χ0n) is 13.9. The molecule has 2 aromatic carbocycles. The molecule has 1 amide bonds. The van der Waals surface area contributed by atoms with Crippen molar-refractivity contribution in [1.82, 2.24) is 9.55 Å². The lowest BCUT2D eigenvalue weighted by molar-refractivity contribution is -0.113. The molecule has 2 heterocycles. The van der Waals surface area contributed by atoms with Gasteiger partial charge in [0, 0.05) is 41.3 Å². The SMILES string of the molecule is O=C(Nc1cccc(-n2ccnc2)c1)C1=Cc2cccc(Cl)c2OCC1. The van der Waals surface area contributed by atoms with Crippen molar-refractivity contribution in [3.05, 3.63) is 77.3 Å². The predicted molar refractivity (Wildman–Crippen MR) is 102 cm³/mol. The van der Waals surface area contributed by atoms with Gasteiger partial charge in [-0.2, -0.15) is 0 Å². The molecule has 0 radical (unpaired) electrons. The van der Waals surface area contributed by atoms with E-state index in [4.69, 9.17) is 16.3 Å². The molecule has 0 aliphatic carbocycles. The summed E-state index contributed by atoms with van der Waals surface area (Å²) >= 11 is 6.18. The Hall–Kier alpha value is -3.05. The summed E-state index contributed by atoms with van der Waals surface area (Å²) in [5, 5.41) is 3.51. The maximum Gasteiger partial charge on any atom is 0.251 e. The van der Waals surface area contributed by atoms with Crippen LogP contribution < -0.4 is 10.1 Å². The van der Waals surface area contributed by atoms with Gasteiger partial charge in [0.1, 0.15) is 5.75 Å². The Morgan fingerprint density at radius 3 is 2.96 bits per heavy atom. The third-order valence-corrected chi connectivity index (χ3v) is 4.44. The van der Waals surface area contributed by atoms with Gasteiger partial charge in [-0.05, 0) is 30.3 Å². The number of carbonyl (C=O) groups excluding carboxylic acids is 1. The van der Waals surface area contributed by atoms with Crippen LogP contribution in [-0.2, 0) is 4.79 Å². The number of rotatable bonds is 3. The van der Waals surface area contributed by atoms with Crippen LogP contribution in [0.25, 0.3) is 11.8 Å². The van der Waals surface area contributed by atoms with E-state index < -0.39 is 0 Å². The van der Waals surface area contributed by atoms with Gasteiger partial charge in [0.2, 0.25) is 0 Å². The van der Waals surface area contributed by atoms with Crippen molar-refractivity contribution in [3.63, 3.8) is 0 Å². The van der Waals surface area contributed by atoms with E-state index >= 15 is 0 Å². The highest BCUT2D eigenvalue weighted by Crippen LogP contribution is 2.33. The molecule has 1 aliphatic heterocycles. The maximum absolute atomic E-state index is 12.7. The first-order valence-corrected chi connectivity index (χ1v) is 8.60. The average molecular weight is 366 g/mol. The number of hydrogen-bond acceptors (Lipinski definition) is 3. The summed E-state index contributed by atoms with van der Waals surface area (Å²) in [6, 6.07) is 13.1. The Morgan fingerprint density at radius 2 is 2.12 bits per heavy atom. The largest absolute Gasteiger partial charge is 0.491 e. The van der Waals surface area contributed by atoms with Gasteiger partial charge in [0.15, 0.2) is 0 Å². The summed E-state index contributed by atoms with van der Waals surface area (Å²) in [5.74, 6) is 0.475. The molecule has 130 valence electrons. The highest BCUT2D eigenvalue weighted by atomic mass is 35.5. The number of benzene rings is 2. The summed E-state index contributed by atoms with van der Waals surface area (Å²) in [6.07, 6.45) is 7.63. The van der Waals surface area contributed by atoms with Crippen molar-refractivity contribution in [2.24, 2.45) is 0 Å². The highest BCUT2D eigenvalue weighted by Gasteiger charge is 2.17. The smallest absolute Gasteiger partial charge is 0.251 e. The topological polar surface area (TPSA) is 56.2 Å². The number of halogens is 1. The third-order valence-electron chi connectivity index (χ3n) is 4.14. The Balaban J connectivity index is 1.58. The molecule has 5 nitrogen and oxygen atoms in total. The third kappa shape index (κ3) is 3.34. The van der Waals surface area contributed by atoms with Crippen LogP contribution in [0.15, 0.2) is 66.8 Å². The second-order valence-electron chi connectivity index (χ2n) is 5.90. The molecule has 3 aromatic rings. The Kier molecular flexibility index (Phi) is 4.46. The maximum atomic E-state index is 12.7. The molecule has 0 spiro atoms. The van der Waals surface area contributed by atoms with Crippen molar-refractivity contribution in [1.29, 1.82) is 0 Å². The Bertz CT molecular complexity index is 980. The molecule has 26 heavy (non-hydrogen) atoms. The number of para-hydroxylation sites is 1. The Labute approximate surface area is 155 Å². The molecule has 0 unspecified atom stereocenters. The van der Waals surface area contributed by atoms with E-state index in [9.17, 15) is 4.79 Å². The second-order valence-corrected chi connectivity index (χ2v) is 6.31. The quantitative estimate of drug-likeness (QED) is 0.751. The summed E-state index contributed by atoms with van der Waals surface area (Å²) in [7, 11) is 0. The van der Waals surface area contributed by atoms with Crippen LogP contribution in [0.4, 0.5) is 5.69 Å². The summed E-state index contributed by atoms with van der Waals surface area (Å²) in [5.41, 5.74) is 3.11. The Morgan fingerprint density at radius 1 is 1.23 bits per heavy atom. The van der Waals surface area contributed by atoms with Gasteiger partial charge in [-0.15, -0.1) is 0 Å². The van der Waals surface area contributed by atoms with E-state index in [2.05, 4.69) is 10.3 Å². The number of fused-ring (bicyclic) bond motifs is 1. The van der Waals surface area contributed by atoms with Gasteiger partial charge in [-0.25, -0.2) is 4.98 Å². The number of amides is 1. The van der Waals surface area contributed by atoms with Gasteiger partial charge >= 0.3 is 0 Å². The van der Waals surface area contributed by atoms with Crippen molar-refractivity contribution >= 4 is 29.3 Å². The van der Waals surface area contributed by atoms with Crippen LogP contribution in [0.5, 0.6) is 5.75 Å². The monoisotopic (exact) mass is 365 g/mol. The van der Waals surface area contributed by atoms with Gasteiger partial charge in [0.05, 0.1) is 18.0 Å².